The fraction of sp³-hybridized carbons (Fsp3) is 0.118. The molecule has 1 N–H and O–H groups in total. The van der Waals surface area contributed by atoms with Crippen molar-refractivity contribution < 1.29 is 4.74 Å². The summed E-state index contributed by atoms with van der Waals surface area (Å²) in [5.41, 5.74) is 3.97. The second-order valence-electron chi connectivity index (χ2n) is 4.79. The number of hydrogen-bond donors (Lipinski definition) is 1. The van der Waals surface area contributed by atoms with Crippen molar-refractivity contribution in [1.82, 2.24) is 9.97 Å². The molecule has 0 aliphatic heterocycles. The van der Waals surface area contributed by atoms with Crippen molar-refractivity contribution in [3.63, 3.8) is 0 Å². The first-order chi connectivity index (χ1) is 10.2. The van der Waals surface area contributed by atoms with E-state index in [0.717, 1.165) is 28.3 Å². The second-order valence-corrected chi connectivity index (χ2v) is 5.23. The molecule has 0 amide bonds. The smallest absolute Gasteiger partial charge is 0.130 e. The van der Waals surface area contributed by atoms with Crippen LogP contribution in [0.2, 0.25) is 5.02 Å². The van der Waals surface area contributed by atoms with E-state index in [1.165, 1.54) is 0 Å². The first kappa shape index (κ1) is 16.4. The lowest BCUT2D eigenvalue weighted by Gasteiger charge is -2.09. The van der Waals surface area contributed by atoms with Crippen molar-refractivity contribution >= 4 is 24.0 Å². The molecule has 0 atom stereocenters. The molecule has 0 saturated carbocycles. The van der Waals surface area contributed by atoms with Gasteiger partial charge in [0.15, 0.2) is 0 Å². The number of nitrogens with one attached hydrogen (secondary N) is 1. The van der Waals surface area contributed by atoms with Gasteiger partial charge in [-0.2, -0.15) is 0 Å². The van der Waals surface area contributed by atoms with Gasteiger partial charge in [0.25, 0.3) is 0 Å². The minimum Gasteiger partial charge on any atom is -0.487 e. The SMILES string of the molecule is Cc1ccccc1OCc1[nH]cnc1-c1ccc(Cl)cc1.Cl. The Labute approximate surface area is 140 Å². The van der Waals surface area contributed by atoms with E-state index in [2.05, 4.69) is 9.97 Å². The molecule has 3 rings (SSSR count). The van der Waals surface area contributed by atoms with Crippen LogP contribution in [0.15, 0.2) is 54.9 Å². The molecule has 0 saturated heterocycles. The maximum absolute atomic E-state index is 5.92. The topological polar surface area (TPSA) is 37.9 Å². The Morgan fingerprint density at radius 1 is 1.09 bits per heavy atom. The number of benzene rings is 2. The molecule has 0 aliphatic rings. The van der Waals surface area contributed by atoms with Gasteiger partial charge < -0.3 is 9.72 Å². The maximum Gasteiger partial charge on any atom is 0.130 e. The van der Waals surface area contributed by atoms with Gasteiger partial charge in [0.05, 0.1) is 17.7 Å². The molecule has 0 fully saturated rings. The number of halogens is 2. The number of aromatic nitrogens is 2. The lowest BCUT2D eigenvalue weighted by molar-refractivity contribution is 0.300. The highest BCUT2D eigenvalue weighted by molar-refractivity contribution is 6.30. The van der Waals surface area contributed by atoms with Gasteiger partial charge >= 0.3 is 0 Å². The number of rotatable bonds is 4. The normalized spacial score (nSPS) is 10.1. The molecule has 22 heavy (non-hydrogen) atoms. The van der Waals surface area contributed by atoms with Crippen LogP contribution < -0.4 is 4.74 Å². The monoisotopic (exact) mass is 334 g/mol. The fourth-order valence-electron chi connectivity index (χ4n) is 2.16. The number of aromatic amines is 1. The zero-order chi connectivity index (χ0) is 14.7. The summed E-state index contributed by atoms with van der Waals surface area (Å²) in [6, 6.07) is 15.6. The number of hydrogen-bond acceptors (Lipinski definition) is 2. The van der Waals surface area contributed by atoms with Crippen molar-refractivity contribution in [3.8, 4) is 17.0 Å². The summed E-state index contributed by atoms with van der Waals surface area (Å²) in [4.78, 5) is 7.51. The van der Waals surface area contributed by atoms with Crippen molar-refractivity contribution in [2.24, 2.45) is 0 Å². The molecular weight excluding hydrogens is 319 g/mol. The molecule has 5 heteroatoms. The zero-order valence-corrected chi connectivity index (χ0v) is 13.6. The van der Waals surface area contributed by atoms with Gasteiger partial charge in [-0.3, -0.25) is 0 Å². The van der Waals surface area contributed by atoms with Crippen LogP contribution in [0.5, 0.6) is 5.75 Å². The van der Waals surface area contributed by atoms with Crippen molar-refractivity contribution in [2.45, 2.75) is 13.5 Å². The molecule has 1 aromatic heterocycles. The minimum atomic E-state index is 0. The van der Waals surface area contributed by atoms with E-state index in [4.69, 9.17) is 16.3 Å². The largest absolute Gasteiger partial charge is 0.487 e. The molecule has 0 unspecified atom stereocenters. The van der Waals surface area contributed by atoms with Gasteiger partial charge in [-0.1, -0.05) is 41.9 Å². The van der Waals surface area contributed by atoms with Crippen LogP contribution in [-0.4, -0.2) is 9.97 Å². The molecular formula is C17H16Cl2N2O. The molecule has 2 aromatic carbocycles. The number of nitrogens with zero attached hydrogens (tertiary/aromatic N) is 1. The average Bonchev–Trinajstić information content (AvgIpc) is 2.96. The lowest BCUT2D eigenvalue weighted by atomic mass is 10.1. The van der Waals surface area contributed by atoms with Gasteiger partial charge in [0.1, 0.15) is 12.4 Å². The first-order valence-corrected chi connectivity index (χ1v) is 7.08. The summed E-state index contributed by atoms with van der Waals surface area (Å²) >= 11 is 5.92. The highest BCUT2D eigenvalue weighted by atomic mass is 35.5. The zero-order valence-electron chi connectivity index (χ0n) is 12.0. The van der Waals surface area contributed by atoms with Crippen molar-refractivity contribution in [3.05, 3.63) is 71.1 Å². The van der Waals surface area contributed by atoms with Crippen LogP contribution in [0, 0.1) is 6.92 Å². The van der Waals surface area contributed by atoms with Crippen LogP contribution in [0.3, 0.4) is 0 Å². The second kappa shape index (κ2) is 7.34. The fourth-order valence-corrected chi connectivity index (χ4v) is 2.28. The van der Waals surface area contributed by atoms with E-state index in [0.29, 0.717) is 11.6 Å². The summed E-state index contributed by atoms with van der Waals surface area (Å²) in [5, 5.41) is 0.715. The highest BCUT2D eigenvalue weighted by Gasteiger charge is 2.09. The number of ether oxygens (including phenoxy) is 1. The third-order valence-corrected chi connectivity index (χ3v) is 3.55. The summed E-state index contributed by atoms with van der Waals surface area (Å²) in [7, 11) is 0. The van der Waals surface area contributed by atoms with Crippen molar-refractivity contribution in [1.29, 1.82) is 0 Å². The molecule has 0 bridgehead atoms. The van der Waals surface area contributed by atoms with E-state index in [1.807, 2.05) is 55.5 Å². The third kappa shape index (κ3) is 3.62. The van der Waals surface area contributed by atoms with E-state index in [1.54, 1.807) is 6.33 Å². The average molecular weight is 335 g/mol. The Kier molecular flexibility index (Phi) is 5.47. The molecule has 1 heterocycles. The number of imidazole rings is 1. The summed E-state index contributed by atoms with van der Waals surface area (Å²) in [6.07, 6.45) is 1.68. The Balaban J connectivity index is 0.00000176. The van der Waals surface area contributed by atoms with E-state index >= 15 is 0 Å². The minimum absolute atomic E-state index is 0. The number of aryl methyl sites for hydroxylation is 1. The number of H-pyrrole nitrogens is 1. The Bertz CT molecular complexity index is 738. The van der Waals surface area contributed by atoms with Gasteiger partial charge in [0.2, 0.25) is 0 Å². The predicted molar refractivity (Wildman–Crippen MR) is 91.8 cm³/mol. The first-order valence-electron chi connectivity index (χ1n) is 6.70. The van der Waals surface area contributed by atoms with Crippen LogP contribution in [0.4, 0.5) is 0 Å². The predicted octanol–water partition coefficient (Wildman–Crippen LogP) is 5.04. The van der Waals surface area contributed by atoms with E-state index < -0.39 is 0 Å². The molecule has 3 nitrogen and oxygen atoms in total. The van der Waals surface area contributed by atoms with Gasteiger partial charge in [-0.25, -0.2) is 4.98 Å². The standard InChI is InChI=1S/C17H15ClN2O.ClH/c1-12-4-2-3-5-16(12)21-10-15-17(20-11-19-15)13-6-8-14(18)9-7-13;/h2-9,11H,10H2,1H3,(H,19,20);1H. The van der Waals surface area contributed by atoms with Gasteiger partial charge in [0, 0.05) is 10.6 Å². The number of para-hydroxylation sites is 1. The summed E-state index contributed by atoms with van der Waals surface area (Å²) in [5.74, 6) is 0.883. The summed E-state index contributed by atoms with van der Waals surface area (Å²) in [6.45, 7) is 2.48. The Hall–Kier alpha value is -1.97. The van der Waals surface area contributed by atoms with Gasteiger partial charge in [-0.15, -0.1) is 12.4 Å². The molecule has 0 radical (unpaired) electrons. The molecule has 3 aromatic rings. The maximum atomic E-state index is 5.92. The molecule has 114 valence electrons. The molecule has 0 spiro atoms. The lowest BCUT2D eigenvalue weighted by Crippen LogP contribution is -1.99. The van der Waals surface area contributed by atoms with Crippen LogP contribution in [0.25, 0.3) is 11.3 Å². The van der Waals surface area contributed by atoms with Crippen molar-refractivity contribution in [2.75, 3.05) is 0 Å². The van der Waals surface area contributed by atoms with Crippen LogP contribution >= 0.6 is 24.0 Å². The molecule has 0 aliphatic carbocycles. The van der Waals surface area contributed by atoms with Crippen LogP contribution in [-0.2, 0) is 6.61 Å². The summed E-state index contributed by atoms with van der Waals surface area (Å²) < 4.78 is 5.87. The third-order valence-electron chi connectivity index (χ3n) is 3.30. The Morgan fingerprint density at radius 2 is 1.82 bits per heavy atom. The quantitative estimate of drug-likeness (QED) is 0.725. The van der Waals surface area contributed by atoms with E-state index in [-0.39, 0.29) is 12.4 Å². The van der Waals surface area contributed by atoms with Crippen LogP contribution in [0.1, 0.15) is 11.3 Å². The van der Waals surface area contributed by atoms with Gasteiger partial charge in [-0.05, 0) is 30.7 Å². The Morgan fingerprint density at radius 3 is 2.55 bits per heavy atom. The highest BCUT2D eigenvalue weighted by Crippen LogP contribution is 2.24. The van der Waals surface area contributed by atoms with E-state index in [9.17, 15) is 0 Å².